The molecule has 2 aliphatic heterocycles. The van der Waals surface area contributed by atoms with Crippen LogP contribution in [-0.2, 0) is 44.6 Å². The average Bonchev–Trinajstić information content (AvgIpc) is 3.25. The zero-order chi connectivity index (χ0) is 27.9. The number of carbonyl (C=O) groups is 4. The Morgan fingerprint density at radius 2 is 1.49 bits per heavy atom. The summed E-state index contributed by atoms with van der Waals surface area (Å²) in [6.45, 7) is 4.48. The molecule has 13 heteroatoms. The minimum absolute atomic E-state index is 0.133. The standard InChI is InChI=1S/C26H36ClN3O9/c27-7-9-36-11-13-38-15-17-39-16-14-37-12-10-35-8-6-24(32)28-21-3-1-2-19-20(21)18-30(26(19)34)22-4-5-23(31)29-25(22)33/h1-3,22H,4-18H2,(H,28,32)(H,29,31,33). The molecule has 1 unspecified atom stereocenters. The summed E-state index contributed by atoms with van der Waals surface area (Å²) in [5, 5.41) is 5.12. The van der Waals surface area contributed by atoms with Crippen LogP contribution in [0.25, 0.3) is 0 Å². The molecule has 216 valence electrons. The highest BCUT2D eigenvalue weighted by Gasteiger charge is 2.39. The molecule has 0 saturated carbocycles. The summed E-state index contributed by atoms with van der Waals surface area (Å²) in [5.74, 6) is -0.884. The Hall–Kier alpha value is -2.61. The topological polar surface area (TPSA) is 142 Å². The van der Waals surface area contributed by atoms with Gasteiger partial charge in [0.25, 0.3) is 5.91 Å². The van der Waals surface area contributed by atoms with Crippen LogP contribution < -0.4 is 10.6 Å². The van der Waals surface area contributed by atoms with Crippen LogP contribution >= 0.6 is 11.6 Å². The van der Waals surface area contributed by atoms with E-state index in [2.05, 4.69) is 10.6 Å². The van der Waals surface area contributed by atoms with Crippen molar-refractivity contribution in [2.45, 2.75) is 31.8 Å². The SMILES string of the molecule is O=C1CCC(N2Cc3c(NC(=O)CCOCCOCCOCCOCCOCCCl)cccc3C2=O)C(=O)N1. The molecule has 1 aromatic carbocycles. The minimum atomic E-state index is -0.709. The minimum Gasteiger partial charge on any atom is -0.379 e. The van der Waals surface area contributed by atoms with Gasteiger partial charge in [-0.3, -0.25) is 24.5 Å². The number of carbonyl (C=O) groups excluding carboxylic acids is 4. The van der Waals surface area contributed by atoms with Gasteiger partial charge < -0.3 is 33.9 Å². The van der Waals surface area contributed by atoms with Gasteiger partial charge in [-0.15, -0.1) is 11.6 Å². The Labute approximate surface area is 232 Å². The molecule has 0 spiro atoms. The van der Waals surface area contributed by atoms with Crippen molar-refractivity contribution in [1.82, 2.24) is 10.2 Å². The number of piperidine rings is 1. The molecule has 0 radical (unpaired) electrons. The van der Waals surface area contributed by atoms with E-state index in [1.807, 2.05) is 0 Å². The third-order valence-electron chi connectivity index (χ3n) is 6.04. The van der Waals surface area contributed by atoms with Crippen LogP contribution in [0, 0.1) is 0 Å². The molecule has 12 nitrogen and oxygen atoms in total. The Balaban J connectivity index is 1.24. The van der Waals surface area contributed by atoms with Crippen molar-refractivity contribution >= 4 is 40.9 Å². The molecule has 0 aliphatic carbocycles. The summed E-state index contributed by atoms with van der Waals surface area (Å²) in [6, 6.07) is 4.37. The summed E-state index contributed by atoms with van der Waals surface area (Å²) in [4.78, 5) is 50.5. The molecular formula is C26H36ClN3O9. The van der Waals surface area contributed by atoms with E-state index in [1.165, 1.54) is 4.90 Å². The molecular weight excluding hydrogens is 534 g/mol. The first kappa shape index (κ1) is 30.9. The van der Waals surface area contributed by atoms with Gasteiger partial charge in [0, 0.05) is 35.7 Å². The number of benzene rings is 1. The van der Waals surface area contributed by atoms with Gasteiger partial charge in [-0.1, -0.05) is 6.07 Å². The lowest BCUT2D eigenvalue weighted by molar-refractivity contribution is -0.137. The molecule has 3 rings (SSSR count). The summed E-state index contributed by atoms with van der Waals surface area (Å²) in [7, 11) is 0. The maximum atomic E-state index is 12.9. The summed E-state index contributed by atoms with van der Waals surface area (Å²) < 4.78 is 26.8. The van der Waals surface area contributed by atoms with E-state index in [4.69, 9.17) is 35.3 Å². The van der Waals surface area contributed by atoms with Gasteiger partial charge in [0.15, 0.2) is 0 Å². The summed E-state index contributed by atoms with van der Waals surface area (Å²) in [6.07, 6.45) is 0.594. The molecule has 2 N–H and O–H groups in total. The highest BCUT2D eigenvalue weighted by molar-refractivity contribution is 6.18. The lowest BCUT2D eigenvalue weighted by Crippen LogP contribution is -2.52. The predicted octanol–water partition coefficient (Wildman–Crippen LogP) is 1.10. The molecule has 2 aliphatic rings. The zero-order valence-corrected chi connectivity index (χ0v) is 22.7. The highest BCUT2D eigenvalue weighted by atomic mass is 35.5. The Bertz CT molecular complexity index is 978. The van der Waals surface area contributed by atoms with E-state index >= 15 is 0 Å². The number of nitrogens with one attached hydrogen (secondary N) is 2. The number of rotatable bonds is 19. The second kappa shape index (κ2) is 17.2. The number of hydrogen-bond acceptors (Lipinski definition) is 9. The van der Waals surface area contributed by atoms with Crippen molar-refractivity contribution in [1.29, 1.82) is 0 Å². The largest absolute Gasteiger partial charge is 0.379 e. The molecule has 1 atom stereocenters. The first-order valence-electron chi connectivity index (χ1n) is 13.0. The molecule has 39 heavy (non-hydrogen) atoms. The summed E-state index contributed by atoms with van der Waals surface area (Å²) >= 11 is 5.50. The van der Waals surface area contributed by atoms with Crippen molar-refractivity contribution in [3.05, 3.63) is 29.3 Å². The van der Waals surface area contributed by atoms with Crippen LogP contribution in [0.15, 0.2) is 18.2 Å². The van der Waals surface area contributed by atoms with Crippen molar-refractivity contribution in [2.24, 2.45) is 0 Å². The van der Waals surface area contributed by atoms with E-state index in [9.17, 15) is 19.2 Å². The zero-order valence-electron chi connectivity index (χ0n) is 21.9. The molecule has 0 aromatic heterocycles. The van der Waals surface area contributed by atoms with Crippen LogP contribution in [0.2, 0.25) is 0 Å². The van der Waals surface area contributed by atoms with E-state index < -0.39 is 11.9 Å². The first-order chi connectivity index (χ1) is 19.0. The van der Waals surface area contributed by atoms with Gasteiger partial charge in [0.05, 0.1) is 72.5 Å². The van der Waals surface area contributed by atoms with Gasteiger partial charge in [0.2, 0.25) is 17.7 Å². The van der Waals surface area contributed by atoms with Crippen LogP contribution in [0.5, 0.6) is 0 Å². The lowest BCUT2D eigenvalue weighted by atomic mass is 10.0. The third-order valence-corrected chi connectivity index (χ3v) is 6.19. The van der Waals surface area contributed by atoms with Gasteiger partial charge in [0.1, 0.15) is 6.04 Å². The fourth-order valence-electron chi connectivity index (χ4n) is 4.12. The van der Waals surface area contributed by atoms with Gasteiger partial charge >= 0.3 is 0 Å². The van der Waals surface area contributed by atoms with Crippen molar-refractivity contribution < 1.29 is 42.9 Å². The number of imide groups is 1. The number of halogens is 1. The number of ether oxygens (including phenoxy) is 5. The first-order valence-corrected chi connectivity index (χ1v) is 13.6. The van der Waals surface area contributed by atoms with Gasteiger partial charge in [-0.05, 0) is 18.6 Å². The lowest BCUT2D eigenvalue weighted by Gasteiger charge is -2.29. The number of fused-ring (bicyclic) bond motifs is 1. The number of anilines is 1. The molecule has 1 fully saturated rings. The van der Waals surface area contributed by atoms with Crippen LogP contribution in [0.4, 0.5) is 5.69 Å². The van der Waals surface area contributed by atoms with Gasteiger partial charge in [-0.2, -0.15) is 0 Å². The maximum Gasteiger partial charge on any atom is 0.255 e. The monoisotopic (exact) mass is 569 g/mol. The second-order valence-corrected chi connectivity index (χ2v) is 9.16. The average molecular weight is 570 g/mol. The Morgan fingerprint density at radius 1 is 0.897 bits per heavy atom. The molecule has 1 aromatic rings. The Morgan fingerprint density at radius 3 is 2.08 bits per heavy atom. The van der Waals surface area contributed by atoms with Crippen LogP contribution in [0.3, 0.4) is 0 Å². The van der Waals surface area contributed by atoms with Crippen LogP contribution in [-0.4, -0.2) is 107 Å². The fraction of sp³-hybridized carbons (Fsp3) is 0.615. The Kier molecular flexibility index (Phi) is 13.6. The van der Waals surface area contributed by atoms with Crippen molar-refractivity contribution in [3.8, 4) is 0 Å². The normalized spacial score (nSPS) is 16.9. The maximum absolute atomic E-state index is 12.9. The van der Waals surface area contributed by atoms with E-state index in [0.29, 0.717) is 82.2 Å². The number of hydrogen-bond donors (Lipinski definition) is 2. The molecule has 1 saturated heterocycles. The van der Waals surface area contributed by atoms with E-state index in [0.717, 1.165) is 0 Å². The second-order valence-electron chi connectivity index (χ2n) is 8.78. The highest BCUT2D eigenvalue weighted by Crippen LogP contribution is 2.32. The molecule has 2 heterocycles. The smallest absolute Gasteiger partial charge is 0.255 e. The number of nitrogens with zero attached hydrogens (tertiary/aromatic N) is 1. The fourth-order valence-corrected chi connectivity index (χ4v) is 4.23. The number of alkyl halides is 1. The third kappa shape index (κ3) is 10.1. The van der Waals surface area contributed by atoms with Crippen molar-refractivity contribution in [3.63, 3.8) is 0 Å². The van der Waals surface area contributed by atoms with Crippen molar-refractivity contribution in [2.75, 3.05) is 77.3 Å². The predicted molar refractivity (Wildman–Crippen MR) is 141 cm³/mol. The number of amides is 4. The molecule has 4 amide bonds. The summed E-state index contributed by atoms with van der Waals surface area (Å²) in [5.41, 5.74) is 1.61. The van der Waals surface area contributed by atoms with Crippen LogP contribution in [0.1, 0.15) is 35.2 Å². The quantitative estimate of drug-likeness (QED) is 0.142. The molecule has 0 bridgehead atoms. The van der Waals surface area contributed by atoms with E-state index in [1.54, 1.807) is 18.2 Å². The van der Waals surface area contributed by atoms with Gasteiger partial charge in [-0.25, -0.2) is 0 Å². The van der Waals surface area contributed by atoms with E-state index in [-0.39, 0.29) is 50.1 Å².